The van der Waals surface area contributed by atoms with Gasteiger partial charge in [-0.1, -0.05) is 35.0 Å². The fraction of sp³-hybridized carbons (Fsp3) is 0.238. The molecule has 1 N–H and O–H groups in total. The molecule has 1 amide bonds. The highest BCUT2D eigenvalue weighted by Gasteiger charge is 2.12. The van der Waals surface area contributed by atoms with E-state index in [4.69, 9.17) is 9.26 Å². The molecule has 2 aromatic carbocycles. The molecular weight excluding hydrogens is 360 g/mol. The maximum Gasteiger partial charge on any atom is 0.234 e. The maximum atomic E-state index is 12.3. The number of carbonyl (C=O) groups excluding carboxylic acids is 1. The van der Waals surface area contributed by atoms with Crippen LogP contribution in [0.25, 0.3) is 0 Å². The average Bonchev–Trinajstić information content (AvgIpc) is 2.97. The number of nitrogens with one attached hydrogen (secondary N) is 1. The fourth-order valence-electron chi connectivity index (χ4n) is 2.53. The quantitative estimate of drug-likeness (QED) is 0.603. The van der Waals surface area contributed by atoms with E-state index in [1.807, 2.05) is 69.3 Å². The highest BCUT2D eigenvalue weighted by molar-refractivity contribution is 7.99. The molecule has 0 radical (unpaired) electrons. The van der Waals surface area contributed by atoms with E-state index in [1.54, 1.807) is 0 Å². The van der Waals surface area contributed by atoms with E-state index < -0.39 is 0 Å². The topological polar surface area (TPSA) is 64.4 Å². The molecular formula is C21H22N2O3S. The van der Waals surface area contributed by atoms with Crippen molar-refractivity contribution in [3.8, 4) is 11.5 Å². The third kappa shape index (κ3) is 5.14. The van der Waals surface area contributed by atoms with E-state index >= 15 is 0 Å². The van der Waals surface area contributed by atoms with Gasteiger partial charge in [0, 0.05) is 11.3 Å². The van der Waals surface area contributed by atoms with Crippen LogP contribution in [-0.4, -0.2) is 16.8 Å². The molecule has 0 unspecified atom stereocenters. The number of aromatic nitrogens is 1. The van der Waals surface area contributed by atoms with Crippen LogP contribution in [0.5, 0.6) is 11.5 Å². The number of amides is 1. The molecule has 0 bridgehead atoms. The van der Waals surface area contributed by atoms with Gasteiger partial charge < -0.3 is 14.6 Å². The van der Waals surface area contributed by atoms with Crippen LogP contribution in [0.15, 0.2) is 53.1 Å². The van der Waals surface area contributed by atoms with Gasteiger partial charge in [0.1, 0.15) is 11.5 Å². The van der Waals surface area contributed by atoms with Gasteiger partial charge in [-0.2, -0.15) is 0 Å². The maximum absolute atomic E-state index is 12.3. The Kier molecular flexibility index (Phi) is 6.19. The summed E-state index contributed by atoms with van der Waals surface area (Å²) in [4.78, 5) is 12.3. The molecule has 0 aliphatic rings. The van der Waals surface area contributed by atoms with Crippen molar-refractivity contribution in [2.75, 3.05) is 11.1 Å². The first kappa shape index (κ1) is 19.0. The Balaban J connectivity index is 1.58. The first-order valence-corrected chi connectivity index (χ1v) is 9.81. The molecule has 0 atom stereocenters. The van der Waals surface area contributed by atoms with Crippen LogP contribution >= 0.6 is 11.8 Å². The summed E-state index contributed by atoms with van der Waals surface area (Å²) < 4.78 is 11.1. The van der Waals surface area contributed by atoms with Crippen molar-refractivity contribution < 1.29 is 14.1 Å². The molecule has 0 aliphatic carbocycles. The minimum absolute atomic E-state index is 0.0771. The van der Waals surface area contributed by atoms with Crippen LogP contribution < -0.4 is 10.1 Å². The summed E-state index contributed by atoms with van der Waals surface area (Å²) in [7, 11) is 0. The van der Waals surface area contributed by atoms with Gasteiger partial charge in [-0.05, 0) is 45.0 Å². The van der Waals surface area contributed by atoms with E-state index in [1.165, 1.54) is 17.3 Å². The lowest BCUT2D eigenvalue weighted by molar-refractivity contribution is -0.113. The van der Waals surface area contributed by atoms with Crippen LogP contribution in [0.4, 0.5) is 5.69 Å². The number of aryl methyl sites for hydroxylation is 3. The average molecular weight is 382 g/mol. The van der Waals surface area contributed by atoms with Crippen LogP contribution in [0.1, 0.15) is 22.6 Å². The predicted octanol–water partition coefficient (Wildman–Crippen LogP) is 5.26. The Morgan fingerprint density at radius 1 is 1.11 bits per heavy atom. The smallest absolute Gasteiger partial charge is 0.234 e. The van der Waals surface area contributed by atoms with Crippen molar-refractivity contribution in [2.24, 2.45) is 0 Å². The lowest BCUT2D eigenvalue weighted by Gasteiger charge is -2.12. The van der Waals surface area contributed by atoms with Gasteiger partial charge in [0.15, 0.2) is 5.75 Å². The van der Waals surface area contributed by atoms with Gasteiger partial charge in [-0.15, -0.1) is 11.8 Å². The zero-order valence-corrected chi connectivity index (χ0v) is 16.4. The van der Waals surface area contributed by atoms with Gasteiger partial charge in [0.25, 0.3) is 0 Å². The minimum atomic E-state index is -0.0771. The second-order valence-corrected chi connectivity index (χ2v) is 7.24. The number of rotatable bonds is 7. The summed E-state index contributed by atoms with van der Waals surface area (Å²) in [6, 6.07) is 15.2. The molecule has 27 heavy (non-hydrogen) atoms. The molecule has 0 fully saturated rings. The first-order valence-electron chi connectivity index (χ1n) is 8.66. The van der Waals surface area contributed by atoms with Crippen LogP contribution in [-0.2, 0) is 10.5 Å². The summed E-state index contributed by atoms with van der Waals surface area (Å²) >= 11 is 1.53. The van der Waals surface area contributed by atoms with Crippen LogP contribution in [0, 0.1) is 20.8 Å². The largest absolute Gasteiger partial charge is 0.455 e. The summed E-state index contributed by atoms with van der Waals surface area (Å²) in [5, 5.41) is 6.86. The van der Waals surface area contributed by atoms with E-state index in [2.05, 4.69) is 10.5 Å². The van der Waals surface area contributed by atoms with E-state index in [0.717, 1.165) is 22.8 Å². The van der Waals surface area contributed by atoms with Crippen molar-refractivity contribution in [1.82, 2.24) is 5.16 Å². The number of thioether (sulfide) groups is 1. The Labute approximate surface area is 163 Å². The van der Waals surface area contributed by atoms with E-state index in [0.29, 0.717) is 22.9 Å². The van der Waals surface area contributed by atoms with Crippen molar-refractivity contribution in [3.05, 3.63) is 71.1 Å². The Hall–Kier alpha value is -2.73. The first-order chi connectivity index (χ1) is 13.0. The minimum Gasteiger partial charge on any atom is -0.455 e. The van der Waals surface area contributed by atoms with Gasteiger partial charge in [0.05, 0.1) is 17.1 Å². The molecule has 5 nitrogen and oxygen atoms in total. The summed E-state index contributed by atoms with van der Waals surface area (Å²) in [6.07, 6.45) is 0. The van der Waals surface area contributed by atoms with Crippen LogP contribution in [0.2, 0.25) is 0 Å². The monoisotopic (exact) mass is 382 g/mol. The highest BCUT2D eigenvalue weighted by atomic mass is 32.2. The molecule has 0 spiro atoms. The number of carbonyl (C=O) groups is 1. The molecule has 1 aromatic heterocycles. The Morgan fingerprint density at radius 2 is 1.85 bits per heavy atom. The normalized spacial score (nSPS) is 10.6. The third-order valence-corrected chi connectivity index (χ3v) is 5.03. The Morgan fingerprint density at radius 3 is 2.56 bits per heavy atom. The highest BCUT2D eigenvalue weighted by Crippen LogP contribution is 2.29. The number of ether oxygens (including phenoxy) is 1. The number of para-hydroxylation sites is 2. The lowest BCUT2D eigenvalue weighted by atomic mass is 10.2. The number of anilines is 1. The molecule has 3 rings (SSSR count). The molecule has 1 heterocycles. The lowest BCUT2D eigenvalue weighted by Crippen LogP contribution is -2.14. The number of nitrogens with zero attached hydrogens (tertiary/aromatic N) is 1. The zero-order valence-electron chi connectivity index (χ0n) is 15.6. The number of hydrogen-bond donors (Lipinski definition) is 1. The summed E-state index contributed by atoms with van der Waals surface area (Å²) in [6.45, 7) is 5.82. The van der Waals surface area contributed by atoms with E-state index in [-0.39, 0.29) is 5.91 Å². The molecule has 0 aliphatic heterocycles. The second-order valence-electron chi connectivity index (χ2n) is 6.25. The molecule has 6 heteroatoms. The van der Waals surface area contributed by atoms with Crippen LogP contribution in [0.3, 0.4) is 0 Å². The molecule has 3 aromatic rings. The van der Waals surface area contributed by atoms with Crippen molar-refractivity contribution in [3.63, 3.8) is 0 Å². The predicted molar refractivity (Wildman–Crippen MR) is 108 cm³/mol. The SMILES string of the molecule is Cc1ccc(Oc2ccccc2NC(=O)CSCc2c(C)noc2C)cc1. The fourth-order valence-corrected chi connectivity index (χ4v) is 3.51. The van der Waals surface area contributed by atoms with Gasteiger partial charge >= 0.3 is 0 Å². The standard InChI is InChI=1S/C21H22N2O3S/c1-14-8-10-17(11-9-14)25-20-7-5-4-6-19(20)22-21(24)13-27-12-18-15(2)23-26-16(18)3/h4-11H,12-13H2,1-3H3,(H,22,24). The van der Waals surface area contributed by atoms with Gasteiger partial charge in [-0.25, -0.2) is 0 Å². The number of hydrogen-bond acceptors (Lipinski definition) is 5. The molecule has 140 valence electrons. The summed E-state index contributed by atoms with van der Waals surface area (Å²) in [5.41, 5.74) is 3.74. The van der Waals surface area contributed by atoms with Crippen molar-refractivity contribution >= 4 is 23.4 Å². The van der Waals surface area contributed by atoms with Crippen molar-refractivity contribution in [2.45, 2.75) is 26.5 Å². The molecule has 0 saturated heterocycles. The van der Waals surface area contributed by atoms with E-state index in [9.17, 15) is 4.79 Å². The zero-order chi connectivity index (χ0) is 19.2. The Bertz CT molecular complexity index is 900. The molecule has 0 saturated carbocycles. The van der Waals surface area contributed by atoms with Gasteiger partial charge in [-0.3, -0.25) is 4.79 Å². The third-order valence-electron chi connectivity index (χ3n) is 4.07. The number of benzene rings is 2. The second kappa shape index (κ2) is 8.77. The van der Waals surface area contributed by atoms with Gasteiger partial charge in [0.2, 0.25) is 5.91 Å². The van der Waals surface area contributed by atoms with Crippen molar-refractivity contribution in [1.29, 1.82) is 0 Å². The summed E-state index contributed by atoms with van der Waals surface area (Å²) in [5.74, 6) is 3.10.